The first-order valence-corrected chi connectivity index (χ1v) is 6.69. The summed E-state index contributed by atoms with van der Waals surface area (Å²) in [5.41, 5.74) is 1.94. The molecule has 0 saturated carbocycles. The Morgan fingerprint density at radius 3 is 2.53 bits per heavy atom. The molecule has 0 radical (unpaired) electrons. The summed E-state index contributed by atoms with van der Waals surface area (Å²) in [6.45, 7) is 4.94. The number of urea groups is 1. The molecule has 1 aromatic carbocycles. The zero-order chi connectivity index (χ0) is 13.8. The van der Waals surface area contributed by atoms with Gasteiger partial charge in [0, 0.05) is 24.7 Å². The molecule has 1 aromatic rings. The van der Waals surface area contributed by atoms with Crippen LogP contribution >= 0.6 is 0 Å². The number of nitrogens with one attached hydrogen (secondary N) is 1. The van der Waals surface area contributed by atoms with E-state index in [-0.39, 0.29) is 17.7 Å². The first-order valence-electron chi connectivity index (χ1n) is 6.69. The monoisotopic (exact) mass is 260 g/mol. The van der Waals surface area contributed by atoms with Crippen molar-refractivity contribution in [3.8, 4) is 0 Å². The molecule has 4 nitrogen and oxygen atoms in total. The Labute approximate surface area is 113 Å². The molecular weight excluding hydrogens is 240 g/mol. The molecule has 19 heavy (non-hydrogen) atoms. The van der Waals surface area contributed by atoms with Crippen molar-refractivity contribution in [2.75, 3.05) is 18.4 Å². The van der Waals surface area contributed by atoms with Crippen LogP contribution in [0.5, 0.6) is 0 Å². The number of carbonyl (C=O) groups is 2. The van der Waals surface area contributed by atoms with Gasteiger partial charge in [0.05, 0.1) is 0 Å². The molecular formula is C15H20N2O2. The summed E-state index contributed by atoms with van der Waals surface area (Å²) in [4.78, 5) is 25.1. The lowest BCUT2D eigenvalue weighted by atomic mass is 9.93. The largest absolute Gasteiger partial charge is 0.324 e. The second kappa shape index (κ2) is 5.87. The molecule has 0 spiro atoms. The first kappa shape index (κ1) is 13.6. The molecule has 0 bridgehead atoms. The minimum absolute atomic E-state index is 0.0763. The lowest BCUT2D eigenvalue weighted by Crippen LogP contribution is -2.42. The van der Waals surface area contributed by atoms with E-state index in [1.807, 2.05) is 31.2 Å². The maximum Gasteiger partial charge on any atom is 0.321 e. The van der Waals surface area contributed by atoms with Crippen molar-refractivity contribution in [3.05, 3.63) is 29.8 Å². The Morgan fingerprint density at radius 2 is 1.95 bits per heavy atom. The van der Waals surface area contributed by atoms with Crippen molar-refractivity contribution in [1.82, 2.24) is 4.90 Å². The number of piperidine rings is 1. The van der Waals surface area contributed by atoms with E-state index in [0.717, 1.165) is 24.1 Å². The molecule has 1 saturated heterocycles. The first-order chi connectivity index (χ1) is 9.06. The summed E-state index contributed by atoms with van der Waals surface area (Å²) in [5.74, 6) is 0.363. The molecule has 1 N–H and O–H groups in total. The highest BCUT2D eigenvalue weighted by Gasteiger charge is 2.25. The van der Waals surface area contributed by atoms with Crippen LogP contribution in [-0.4, -0.2) is 29.8 Å². The Balaban J connectivity index is 1.90. The number of aryl methyl sites for hydroxylation is 1. The average Bonchev–Trinajstić information content (AvgIpc) is 2.39. The number of anilines is 1. The summed E-state index contributed by atoms with van der Waals surface area (Å²) >= 11 is 0. The lowest BCUT2D eigenvalue weighted by molar-refractivity contribution is -0.121. The second-order valence-corrected chi connectivity index (χ2v) is 5.17. The van der Waals surface area contributed by atoms with Crippen LogP contribution in [0.3, 0.4) is 0 Å². The van der Waals surface area contributed by atoms with Crippen LogP contribution in [0.15, 0.2) is 24.3 Å². The van der Waals surface area contributed by atoms with Gasteiger partial charge in [0.25, 0.3) is 0 Å². The molecule has 1 aliphatic rings. The van der Waals surface area contributed by atoms with Gasteiger partial charge in [0.2, 0.25) is 0 Å². The van der Waals surface area contributed by atoms with Gasteiger partial charge in [0.1, 0.15) is 5.78 Å². The normalized spacial score (nSPS) is 16.2. The number of amides is 2. The quantitative estimate of drug-likeness (QED) is 0.889. The summed E-state index contributed by atoms with van der Waals surface area (Å²) < 4.78 is 0. The number of hydrogen-bond acceptors (Lipinski definition) is 2. The minimum atomic E-state index is -0.0763. The van der Waals surface area contributed by atoms with Crippen molar-refractivity contribution >= 4 is 17.5 Å². The third-order valence-corrected chi connectivity index (χ3v) is 3.63. The Bertz CT molecular complexity index is 477. The van der Waals surface area contributed by atoms with E-state index in [4.69, 9.17) is 0 Å². The lowest BCUT2D eigenvalue weighted by Gasteiger charge is -2.30. The smallest absolute Gasteiger partial charge is 0.321 e. The molecule has 2 amide bonds. The summed E-state index contributed by atoms with van der Waals surface area (Å²) in [7, 11) is 0. The highest BCUT2D eigenvalue weighted by atomic mass is 16.2. The van der Waals surface area contributed by atoms with E-state index in [0.29, 0.717) is 13.1 Å². The van der Waals surface area contributed by atoms with Crippen LogP contribution in [0.2, 0.25) is 0 Å². The number of benzene rings is 1. The number of hydrogen-bond donors (Lipinski definition) is 1. The fourth-order valence-corrected chi connectivity index (χ4v) is 2.41. The van der Waals surface area contributed by atoms with Gasteiger partial charge in [0.15, 0.2) is 0 Å². The SMILES string of the molecule is CC(=O)C1CCN(C(=O)Nc2cccc(C)c2)CC1. The van der Waals surface area contributed by atoms with Crippen molar-refractivity contribution in [1.29, 1.82) is 0 Å². The highest BCUT2D eigenvalue weighted by Crippen LogP contribution is 2.19. The highest BCUT2D eigenvalue weighted by molar-refractivity contribution is 5.89. The number of ketones is 1. The molecule has 0 aliphatic carbocycles. The van der Waals surface area contributed by atoms with Crippen LogP contribution in [0.25, 0.3) is 0 Å². The van der Waals surface area contributed by atoms with Crippen molar-refractivity contribution in [3.63, 3.8) is 0 Å². The molecule has 1 heterocycles. The van der Waals surface area contributed by atoms with Gasteiger partial charge in [-0.15, -0.1) is 0 Å². The maximum atomic E-state index is 12.1. The molecule has 0 aromatic heterocycles. The molecule has 4 heteroatoms. The van der Waals surface area contributed by atoms with Crippen LogP contribution in [-0.2, 0) is 4.79 Å². The molecule has 2 rings (SSSR count). The van der Waals surface area contributed by atoms with Gasteiger partial charge >= 0.3 is 6.03 Å². The van der Waals surface area contributed by atoms with Gasteiger partial charge in [-0.05, 0) is 44.4 Å². The van der Waals surface area contributed by atoms with Gasteiger partial charge < -0.3 is 10.2 Å². The van der Waals surface area contributed by atoms with Crippen molar-refractivity contribution in [2.24, 2.45) is 5.92 Å². The van der Waals surface area contributed by atoms with Crippen LogP contribution in [0.4, 0.5) is 10.5 Å². The summed E-state index contributed by atoms with van der Waals surface area (Å²) in [6.07, 6.45) is 1.55. The molecule has 1 fully saturated rings. The average molecular weight is 260 g/mol. The van der Waals surface area contributed by atoms with Gasteiger partial charge in [-0.3, -0.25) is 4.79 Å². The predicted molar refractivity (Wildman–Crippen MR) is 75.2 cm³/mol. The molecule has 0 unspecified atom stereocenters. The Hall–Kier alpha value is -1.84. The van der Waals surface area contributed by atoms with Crippen LogP contribution in [0, 0.1) is 12.8 Å². The molecule has 102 valence electrons. The van der Waals surface area contributed by atoms with Crippen molar-refractivity contribution < 1.29 is 9.59 Å². The number of rotatable bonds is 2. The summed E-state index contributed by atoms with van der Waals surface area (Å²) in [6, 6.07) is 7.67. The maximum absolute atomic E-state index is 12.1. The third-order valence-electron chi connectivity index (χ3n) is 3.63. The zero-order valence-electron chi connectivity index (χ0n) is 11.5. The second-order valence-electron chi connectivity index (χ2n) is 5.17. The zero-order valence-corrected chi connectivity index (χ0v) is 11.5. The number of nitrogens with zero attached hydrogens (tertiary/aromatic N) is 1. The number of likely N-dealkylation sites (tertiary alicyclic amines) is 1. The van der Waals surface area contributed by atoms with E-state index >= 15 is 0 Å². The van der Waals surface area contributed by atoms with E-state index in [9.17, 15) is 9.59 Å². The van der Waals surface area contributed by atoms with Gasteiger partial charge in [-0.1, -0.05) is 12.1 Å². The van der Waals surface area contributed by atoms with E-state index in [2.05, 4.69) is 5.32 Å². The minimum Gasteiger partial charge on any atom is -0.324 e. The van der Waals surface area contributed by atoms with E-state index in [1.54, 1.807) is 11.8 Å². The number of Topliss-reactive ketones (excluding diaryl/α,β-unsaturated/α-hetero) is 1. The van der Waals surface area contributed by atoms with Gasteiger partial charge in [-0.25, -0.2) is 4.79 Å². The molecule has 1 aliphatic heterocycles. The van der Waals surface area contributed by atoms with Gasteiger partial charge in [-0.2, -0.15) is 0 Å². The van der Waals surface area contributed by atoms with Crippen molar-refractivity contribution in [2.45, 2.75) is 26.7 Å². The Morgan fingerprint density at radius 1 is 1.26 bits per heavy atom. The fourth-order valence-electron chi connectivity index (χ4n) is 2.41. The topological polar surface area (TPSA) is 49.4 Å². The Kier molecular flexibility index (Phi) is 4.20. The standard InChI is InChI=1S/C15H20N2O2/c1-11-4-3-5-14(10-11)16-15(19)17-8-6-13(7-9-17)12(2)18/h3-5,10,13H,6-9H2,1-2H3,(H,16,19). The van der Waals surface area contributed by atoms with Crippen LogP contribution in [0.1, 0.15) is 25.3 Å². The predicted octanol–water partition coefficient (Wildman–Crippen LogP) is 2.83. The molecule has 0 atom stereocenters. The summed E-state index contributed by atoms with van der Waals surface area (Å²) in [5, 5.41) is 2.90. The van der Waals surface area contributed by atoms with Crippen LogP contribution < -0.4 is 5.32 Å². The van der Waals surface area contributed by atoms with E-state index < -0.39 is 0 Å². The third kappa shape index (κ3) is 3.56. The number of carbonyl (C=O) groups excluding carboxylic acids is 2. The van der Waals surface area contributed by atoms with E-state index in [1.165, 1.54) is 0 Å². The fraction of sp³-hybridized carbons (Fsp3) is 0.467.